The SMILES string of the molecule is CCOP(=O)(Cc1ccc(C(C)(C)c2ccc(O)cc2)cc1)OCC. The van der Waals surface area contributed by atoms with E-state index in [0.717, 1.165) is 16.7 Å². The second-order valence-corrected chi connectivity index (χ2v) is 8.53. The molecule has 0 heterocycles. The Bertz CT molecular complexity index is 710. The van der Waals surface area contributed by atoms with Crippen molar-refractivity contribution in [2.24, 2.45) is 0 Å². The first-order valence-corrected chi connectivity index (χ1v) is 10.3. The fourth-order valence-corrected chi connectivity index (χ4v) is 4.52. The lowest BCUT2D eigenvalue weighted by atomic mass is 9.78. The first-order valence-electron chi connectivity index (χ1n) is 8.58. The molecule has 0 saturated heterocycles. The fourth-order valence-electron chi connectivity index (χ4n) is 2.82. The van der Waals surface area contributed by atoms with Gasteiger partial charge in [0.25, 0.3) is 0 Å². The zero-order valence-electron chi connectivity index (χ0n) is 15.4. The second-order valence-electron chi connectivity index (χ2n) is 6.47. The van der Waals surface area contributed by atoms with Crippen LogP contribution in [0.3, 0.4) is 0 Å². The molecule has 0 radical (unpaired) electrons. The van der Waals surface area contributed by atoms with E-state index in [1.807, 2.05) is 50.2 Å². The fraction of sp³-hybridized carbons (Fsp3) is 0.400. The Hall–Kier alpha value is -1.61. The summed E-state index contributed by atoms with van der Waals surface area (Å²) < 4.78 is 23.4. The molecule has 4 nitrogen and oxygen atoms in total. The maximum absolute atomic E-state index is 12.6. The van der Waals surface area contributed by atoms with E-state index in [2.05, 4.69) is 13.8 Å². The Morgan fingerprint density at radius 2 is 1.32 bits per heavy atom. The van der Waals surface area contributed by atoms with E-state index < -0.39 is 7.60 Å². The first kappa shape index (κ1) is 19.7. The Kier molecular flexibility index (Phi) is 6.45. The van der Waals surface area contributed by atoms with Crippen LogP contribution in [0.15, 0.2) is 48.5 Å². The van der Waals surface area contributed by atoms with Gasteiger partial charge in [-0.3, -0.25) is 4.57 Å². The first-order chi connectivity index (χ1) is 11.8. The van der Waals surface area contributed by atoms with E-state index in [1.165, 1.54) is 0 Å². The van der Waals surface area contributed by atoms with Gasteiger partial charge in [-0.15, -0.1) is 0 Å². The predicted octanol–water partition coefficient (Wildman–Crippen LogP) is 5.48. The summed E-state index contributed by atoms with van der Waals surface area (Å²) in [5, 5.41) is 9.47. The zero-order valence-corrected chi connectivity index (χ0v) is 16.3. The predicted molar refractivity (Wildman–Crippen MR) is 101 cm³/mol. The van der Waals surface area contributed by atoms with E-state index >= 15 is 0 Å². The molecule has 0 fully saturated rings. The Morgan fingerprint density at radius 3 is 1.76 bits per heavy atom. The van der Waals surface area contributed by atoms with Gasteiger partial charge in [0.2, 0.25) is 0 Å². The Labute approximate surface area is 150 Å². The van der Waals surface area contributed by atoms with Gasteiger partial charge in [0.1, 0.15) is 5.75 Å². The van der Waals surface area contributed by atoms with Crippen LogP contribution >= 0.6 is 7.60 Å². The van der Waals surface area contributed by atoms with Gasteiger partial charge in [0.05, 0.1) is 19.4 Å². The molecular weight excluding hydrogens is 335 g/mol. The number of aromatic hydroxyl groups is 1. The molecule has 0 bridgehead atoms. The van der Waals surface area contributed by atoms with Crippen LogP contribution in [0.2, 0.25) is 0 Å². The van der Waals surface area contributed by atoms with Gasteiger partial charge in [0.15, 0.2) is 0 Å². The summed E-state index contributed by atoms with van der Waals surface area (Å²) in [7, 11) is -3.09. The normalized spacial score (nSPS) is 12.3. The molecule has 0 atom stereocenters. The highest BCUT2D eigenvalue weighted by atomic mass is 31.2. The van der Waals surface area contributed by atoms with Crippen molar-refractivity contribution in [1.82, 2.24) is 0 Å². The second kappa shape index (κ2) is 8.18. The lowest BCUT2D eigenvalue weighted by molar-refractivity contribution is 0.219. The van der Waals surface area contributed by atoms with Crippen molar-refractivity contribution in [3.8, 4) is 5.75 Å². The number of phenolic OH excluding ortho intramolecular Hbond substituents is 1. The zero-order chi connectivity index (χ0) is 18.5. The highest BCUT2D eigenvalue weighted by Gasteiger charge is 2.26. The van der Waals surface area contributed by atoms with Gasteiger partial charge >= 0.3 is 7.60 Å². The van der Waals surface area contributed by atoms with E-state index in [9.17, 15) is 9.67 Å². The summed E-state index contributed by atoms with van der Waals surface area (Å²) in [4.78, 5) is 0. The van der Waals surface area contributed by atoms with Crippen LogP contribution in [-0.4, -0.2) is 18.3 Å². The van der Waals surface area contributed by atoms with Gasteiger partial charge in [-0.2, -0.15) is 0 Å². The molecule has 0 aliphatic rings. The van der Waals surface area contributed by atoms with Crippen LogP contribution in [0.25, 0.3) is 0 Å². The van der Waals surface area contributed by atoms with Gasteiger partial charge in [0, 0.05) is 5.41 Å². The maximum atomic E-state index is 12.6. The molecule has 0 saturated carbocycles. The number of hydrogen-bond acceptors (Lipinski definition) is 4. The minimum Gasteiger partial charge on any atom is -0.508 e. The summed E-state index contributed by atoms with van der Waals surface area (Å²) in [6, 6.07) is 15.3. The van der Waals surface area contributed by atoms with Crippen molar-refractivity contribution in [1.29, 1.82) is 0 Å². The topological polar surface area (TPSA) is 55.8 Å². The molecule has 136 valence electrons. The summed E-state index contributed by atoms with van der Waals surface area (Å²) >= 11 is 0. The molecular formula is C20H27O4P. The van der Waals surface area contributed by atoms with Crippen LogP contribution in [0, 0.1) is 0 Å². The standard InChI is InChI=1S/C20H27O4P/c1-5-23-25(22,24-6-2)15-16-7-9-17(10-8-16)20(3,4)18-11-13-19(21)14-12-18/h7-14,21H,5-6,15H2,1-4H3. The minimum atomic E-state index is -3.09. The highest BCUT2D eigenvalue weighted by Crippen LogP contribution is 2.51. The van der Waals surface area contributed by atoms with Crippen LogP contribution < -0.4 is 0 Å². The smallest absolute Gasteiger partial charge is 0.335 e. The van der Waals surface area contributed by atoms with Crippen molar-refractivity contribution in [3.63, 3.8) is 0 Å². The molecule has 2 aromatic carbocycles. The largest absolute Gasteiger partial charge is 0.508 e. The number of phenols is 1. The van der Waals surface area contributed by atoms with Crippen molar-refractivity contribution in [2.75, 3.05) is 13.2 Å². The molecule has 0 aliphatic heterocycles. The monoisotopic (exact) mass is 362 g/mol. The quantitative estimate of drug-likeness (QED) is 0.631. The molecule has 2 rings (SSSR count). The van der Waals surface area contributed by atoms with Crippen LogP contribution in [0.1, 0.15) is 44.4 Å². The van der Waals surface area contributed by atoms with E-state index in [4.69, 9.17) is 9.05 Å². The average molecular weight is 362 g/mol. The van der Waals surface area contributed by atoms with Crippen molar-refractivity contribution in [3.05, 3.63) is 65.2 Å². The van der Waals surface area contributed by atoms with Gasteiger partial charge in [-0.05, 0) is 42.7 Å². The van der Waals surface area contributed by atoms with E-state index in [0.29, 0.717) is 13.2 Å². The summed E-state index contributed by atoms with van der Waals surface area (Å²) in [5.74, 6) is 0.262. The van der Waals surface area contributed by atoms with Crippen molar-refractivity contribution in [2.45, 2.75) is 39.3 Å². The van der Waals surface area contributed by atoms with Crippen molar-refractivity contribution >= 4 is 7.60 Å². The van der Waals surface area contributed by atoms with Gasteiger partial charge in [-0.25, -0.2) is 0 Å². The molecule has 1 N–H and O–H groups in total. The third-order valence-electron chi connectivity index (χ3n) is 4.29. The molecule has 0 amide bonds. The Morgan fingerprint density at radius 1 is 0.880 bits per heavy atom. The summed E-state index contributed by atoms with van der Waals surface area (Å²) in [5.41, 5.74) is 2.99. The van der Waals surface area contributed by atoms with Gasteiger partial charge in [-0.1, -0.05) is 50.2 Å². The van der Waals surface area contributed by atoms with Gasteiger partial charge < -0.3 is 14.2 Å². The maximum Gasteiger partial charge on any atom is 0.335 e. The average Bonchev–Trinajstić information content (AvgIpc) is 2.56. The summed E-state index contributed by atoms with van der Waals surface area (Å²) in [6.45, 7) is 8.63. The van der Waals surface area contributed by atoms with Crippen LogP contribution in [0.5, 0.6) is 5.75 Å². The lowest BCUT2D eigenvalue weighted by Gasteiger charge is -2.26. The number of benzene rings is 2. The Balaban J connectivity index is 2.21. The molecule has 0 spiro atoms. The number of rotatable bonds is 8. The minimum absolute atomic E-state index is 0.199. The highest BCUT2D eigenvalue weighted by molar-refractivity contribution is 7.53. The molecule has 0 unspecified atom stereocenters. The summed E-state index contributed by atoms with van der Waals surface area (Å²) in [6.07, 6.45) is 0.272. The van der Waals surface area contributed by atoms with E-state index in [1.54, 1.807) is 12.1 Å². The molecule has 0 aromatic heterocycles. The van der Waals surface area contributed by atoms with E-state index in [-0.39, 0.29) is 17.3 Å². The third-order valence-corrected chi connectivity index (χ3v) is 6.35. The number of hydrogen-bond donors (Lipinski definition) is 1. The molecule has 0 aliphatic carbocycles. The third kappa shape index (κ3) is 4.94. The molecule has 25 heavy (non-hydrogen) atoms. The van der Waals surface area contributed by atoms with Crippen LogP contribution in [0.4, 0.5) is 0 Å². The lowest BCUT2D eigenvalue weighted by Crippen LogP contribution is -2.18. The van der Waals surface area contributed by atoms with Crippen molar-refractivity contribution < 1.29 is 18.7 Å². The molecule has 5 heteroatoms. The molecule has 2 aromatic rings. The van der Waals surface area contributed by atoms with Crippen LogP contribution in [-0.2, 0) is 25.2 Å².